The molecule has 4 aromatic rings. The fourth-order valence-electron chi connectivity index (χ4n) is 7.81. The van der Waals surface area contributed by atoms with E-state index in [1.165, 1.54) is 36.5 Å². The molecule has 7 rings (SSSR count). The van der Waals surface area contributed by atoms with E-state index in [4.69, 9.17) is 16.1 Å². The first-order valence-corrected chi connectivity index (χ1v) is 16.5. The van der Waals surface area contributed by atoms with Crippen molar-refractivity contribution in [1.82, 2.24) is 25.2 Å². The highest BCUT2D eigenvalue weighted by molar-refractivity contribution is 6.03. The van der Waals surface area contributed by atoms with Gasteiger partial charge in [-0.2, -0.15) is 15.2 Å². The zero-order valence-corrected chi connectivity index (χ0v) is 26.9. The number of phenols is 1. The number of benzene rings is 2. The molecule has 0 bridgehead atoms. The first-order valence-electron chi connectivity index (χ1n) is 16.5. The minimum atomic E-state index is -0.826. The molecule has 3 aliphatic rings. The van der Waals surface area contributed by atoms with Crippen LogP contribution in [0.25, 0.3) is 32.9 Å². The van der Waals surface area contributed by atoms with E-state index >= 15 is 4.39 Å². The van der Waals surface area contributed by atoms with Gasteiger partial charge in [0.2, 0.25) is 5.91 Å². The Morgan fingerprint density at radius 2 is 2.02 bits per heavy atom. The summed E-state index contributed by atoms with van der Waals surface area (Å²) < 4.78 is 38.2. The third-order valence-corrected chi connectivity index (χ3v) is 10.1. The Bertz CT molecular complexity index is 2060. The number of anilines is 1. The normalized spacial score (nSPS) is 20.4. The van der Waals surface area contributed by atoms with E-state index in [1.54, 1.807) is 0 Å². The lowest BCUT2D eigenvalue weighted by Crippen LogP contribution is -2.44. The van der Waals surface area contributed by atoms with E-state index in [0.717, 1.165) is 38.8 Å². The monoisotopic (exact) mass is 663 g/mol. The molecule has 2 aromatic carbocycles. The van der Waals surface area contributed by atoms with Crippen molar-refractivity contribution >= 4 is 33.4 Å². The minimum absolute atomic E-state index is 0.0180. The summed E-state index contributed by atoms with van der Waals surface area (Å²) in [5.74, 6) is 0.350. The summed E-state index contributed by atoms with van der Waals surface area (Å²) in [5.41, 5.74) is -0.365. The number of nitriles is 1. The number of nitrogens with one attached hydrogen (secondary N) is 1. The van der Waals surface area contributed by atoms with Gasteiger partial charge in [0.1, 0.15) is 35.2 Å². The van der Waals surface area contributed by atoms with Crippen molar-refractivity contribution in [1.29, 1.82) is 5.26 Å². The molecule has 0 unspecified atom stereocenters. The van der Waals surface area contributed by atoms with Crippen LogP contribution < -0.4 is 15.0 Å². The SMILES string of the molecule is C#Cc1c(F)ccc2cc(O)cc(-c3ncc4c(N5CC[C@@H](C#N)C[C@H](NC(=O)C=C)C5)nc(OCC56CCCN5CCC6)nc4c3F)c12. The Morgan fingerprint density at radius 3 is 2.76 bits per heavy atom. The molecule has 0 aliphatic carbocycles. The zero-order chi connectivity index (χ0) is 34.3. The van der Waals surface area contributed by atoms with Gasteiger partial charge in [-0.25, -0.2) is 8.78 Å². The number of aromatic nitrogens is 3. The van der Waals surface area contributed by atoms with E-state index in [2.05, 4.69) is 38.8 Å². The number of ether oxygens (including phenoxy) is 1. The number of aromatic hydroxyl groups is 1. The number of phenolic OH excluding ortho intramolecular Hbond substituents is 1. The van der Waals surface area contributed by atoms with Crippen LogP contribution in [0.4, 0.5) is 14.6 Å². The second-order valence-electron chi connectivity index (χ2n) is 13.1. The summed E-state index contributed by atoms with van der Waals surface area (Å²) in [5, 5.41) is 24.2. The Hall–Kier alpha value is -5.33. The molecule has 0 saturated carbocycles. The van der Waals surface area contributed by atoms with Crippen molar-refractivity contribution in [2.45, 2.75) is 50.1 Å². The largest absolute Gasteiger partial charge is 0.508 e. The summed E-state index contributed by atoms with van der Waals surface area (Å²) in [6.07, 6.45) is 13.3. The second-order valence-corrected chi connectivity index (χ2v) is 13.1. The van der Waals surface area contributed by atoms with Crippen LogP contribution in [0.3, 0.4) is 0 Å². The molecule has 3 fully saturated rings. The number of rotatable bonds is 7. The van der Waals surface area contributed by atoms with Gasteiger partial charge >= 0.3 is 6.01 Å². The molecule has 2 N–H and O–H groups in total. The Balaban J connectivity index is 1.38. The van der Waals surface area contributed by atoms with Crippen molar-refractivity contribution in [2.75, 3.05) is 37.7 Å². The van der Waals surface area contributed by atoms with Crippen LogP contribution in [-0.4, -0.2) is 75.2 Å². The summed E-state index contributed by atoms with van der Waals surface area (Å²) in [7, 11) is 0. The smallest absolute Gasteiger partial charge is 0.319 e. The number of hydrogen-bond acceptors (Lipinski definition) is 9. The highest BCUT2D eigenvalue weighted by atomic mass is 19.1. The zero-order valence-electron chi connectivity index (χ0n) is 26.9. The molecule has 3 saturated heterocycles. The lowest BCUT2D eigenvalue weighted by atomic mass is 9.95. The summed E-state index contributed by atoms with van der Waals surface area (Å²) >= 11 is 0. The molecule has 2 atom stereocenters. The number of terminal acetylenes is 1. The number of carbonyl (C=O) groups excluding carboxylic acids is 1. The molecule has 12 heteroatoms. The van der Waals surface area contributed by atoms with Gasteiger partial charge in [-0.3, -0.25) is 14.7 Å². The molecule has 250 valence electrons. The predicted octanol–water partition coefficient (Wildman–Crippen LogP) is 5.23. The number of fused-ring (bicyclic) bond motifs is 3. The maximum atomic E-state index is 17.0. The number of nitrogens with zero attached hydrogens (tertiary/aromatic N) is 6. The lowest BCUT2D eigenvalue weighted by molar-refractivity contribution is -0.117. The van der Waals surface area contributed by atoms with Gasteiger partial charge in [-0.15, -0.1) is 6.42 Å². The van der Waals surface area contributed by atoms with Crippen molar-refractivity contribution in [3.63, 3.8) is 0 Å². The van der Waals surface area contributed by atoms with Gasteiger partial charge in [0.05, 0.1) is 28.5 Å². The van der Waals surface area contributed by atoms with E-state index in [9.17, 15) is 19.6 Å². The van der Waals surface area contributed by atoms with Crippen LogP contribution in [0.1, 0.15) is 44.1 Å². The molecular weight excluding hydrogens is 628 g/mol. The van der Waals surface area contributed by atoms with Crippen LogP contribution in [0.5, 0.6) is 11.8 Å². The Kier molecular flexibility index (Phi) is 8.51. The van der Waals surface area contributed by atoms with Crippen molar-refractivity contribution < 1.29 is 23.4 Å². The van der Waals surface area contributed by atoms with E-state index in [-0.39, 0.29) is 68.8 Å². The van der Waals surface area contributed by atoms with Gasteiger partial charge < -0.3 is 20.1 Å². The van der Waals surface area contributed by atoms with Crippen LogP contribution in [0.15, 0.2) is 43.1 Å². The number of halogens is 2. The minimum Gasteiger partial charge on any atom is -0.508 e. The fourth-order valence-corrected chi connectivity index (χ4v) is 7.81. The number of pyridine rings is 1. The summed E-state index contributed by atoms with van der Waals surface area (Å²) in [4.78, 5) is 30.5. The van der Waals surface area contributed by atoms with Gasteiger partial charge in [-0.1, -0.05) is 18.6 Å². The highest BCUT2D eigenvalue weighted by Crippen LogP contribution is 2.41. The van der Waals surface area contributed by atoms with Crippen molar-refractivity contribution in [3.8, 4) is 41.4 Å². The average molecular weight is 664 g/mol. The molecule has 0 radical (unpaired) electrons. The average Bonchev–Trinajstić information content (AvgIpc) is 3.62. The van der Waals surface area contributed by atoms with Crippen molar-refractivity contribution in [3.05, 3.63) is 60.3 Å². The van der Waals surface area contributed by atoms with Gasteiger partial charge in [0.15, 0.2) is 5.82 Å². The van der Waals surface area contributed by atoms with Crippen LogP contribution in [0, 0.1) is 41.2 Å². The summed E-state index contributed by atoms with van der Waals surface area (Å²) in [6.45, 7) is 6.57. The van der Waals surface area contributed by atoms with Crippen LogP contribution in [0.2, 0.25) is 0 Å². The van der Waals surface area contributed by atoms with Gasteiger partial charge in [0.25, 0.3) is 0 Å². The predicted molar refractivity (Wildman–Crippen MR) is 181 cm³/mol. The van der Waals surface area contributed by atoms with Gasteiger partial charge in [0, 0.05) is 36.3 Å². The molecule has 10 nitrogen and oxygen atoms in total. The molecule has 1 amide bonds. The number of hydrogen-bond donors (Lipinski definition) is 2. The topological polar surface area (TPSA) is 128 Å². The molecule has 3 aliphatic heterocycles. The van der Waals surface area contributed by atoms with Crippen molar-refractivity contribution in [2.24, 2.45) is 5.92 Å². The van der Waals surface area contributed by atoms with E-state index in [0.29, 0.717) is 37.2 Å². The fraction of sp³-hybridized carbons (Fsp3) is 0.378. The maximum absolute atomic E-state index is 17.0. The first kappa shape index (κ1) is 32.2. The van der Waals surface area contributed by atoms with E-state index in [1.807, 2.05) is 4.90 Å². The molecular formula is C37H35F2N7O3. The number of amides is 1. The molecule has 0 spiro atoms. The highest BCUT2D eigenvalue weighted by Gasteiger charge is 2.45. The third kappa shape index (κ3) is 5.87. The van der Waals surface area contributed by atoms with Gasteiger partial charge in [-0.05, 0) is 81.3 Å². The molecule has 5 heterocycles. The van der Waals surface area contributed by atoms with Crippen LogP contribution in [-0.2, 0) is 4.79 Å². The standard InChI is InChI=1S/C37H35F2N7O3/c1-3-26-29(38)8-7-23-16-25(47)17-27(31(23)26)33-32(39)34-28(19-41-33)35(45-14-9-22(18-40)15-24(20-45)42-30(48)4-2)44-36(43-34)49-21-37-10-5-12-46(37)13-6-11-37/h1,4,7-8,16-17,19,22,24,47H,2,5-6,9-15,20-21H2,(H,42,48)/t22-,24+/m1/s1. The Labute approximate surface area is 282 Å². The van der Waals surface area contributed by atoms with Crippen LogP contribution >= 0.6 is 0 Å². The molecule has 49 heavy (non-hydrogen) atoms. The third-order valence-electron chi connectivity index (χ3n) is 10.1. The second kappa shape index (κ2) is 12.9. The van der Waals surface area contributed by atoms with E-state index < -0.39 is 17.7 Å². The molecule has 2 aromatic heterocycles. The first-order chi connectivity index (χ1) is 23.7. The maximum Gasteiger partial charge on any atom is 0.319 e. The lowest BCUT2D eigenvalue weighted by Gasteiger charge is -2.31. The quantitative estimate of drug-likeness (QED) is 0.202. The summed E-state index contributed by atoms with van der Waals surface area (Å²) in [6, 6.07) is 7.29. The Morgan fingerprint density at radius 1 is 1.22 bits per heavy atom. The number of carbonyl (C=O) groups is 1.